The molecule has 0 spiro atoms. The lowest BCUT2D eigenvalue weighted by Crippen LogP contribution is -2.39. The number of likely N-dealkylation sites (N-methyl/N-ethyl adjacent to an activating group) is 1. The summed E-state index contributed by atoms with van der Waals surface area (Å²) in [5.41, 5.74) is 5.52. The van der Waals surface area contributed by atoms with Crippen molar-refractivity contribution in [2.75, 3.05) is 33.2 Å². The van der Waals surface area contributed by atoms with Crippen LogP contribution in [0.2, 0.25) is 0 Å². The smallest absolute Gasteiger partial charge is 0.234 e. The van der Waals surface area contributed by atoms with Crippen molar-refractivity contribution >= 4 is 5.91 Å². The maximum absolute atomic E-state index is 11.4. The largest absolute Gasteiger partial charge is 0.355 e. The van der Waals surface area contributed by atoms with Crippen molar-refractivity contribution in [2.45, 2.75) is 20.8 Å². The fraction of sp³-hybridized carbons (Fsp3) is 0.909. The molecule has 15 heavy (non-hydrogen) atoms. The van der Waals surface area contributed by atoms with E-state index in [-0.39, 0.29) is 5.91 Å². The molecule has 0 aromatic carbocycles. The van der Waals surface area contributed by atoms with Crippen LogP contribution in [0, 0.1) is 11.8 Å². The summed E-state index contributed by atoms with van der Waals surface area (Å²) >= 11 is 0. The zero-order valence-corrected chi connectivity index (χ0v) is 10.4. The van der Waals surface area contributed by atoms with Crippen LogP contribution in [0.5, 0.6) is 0 Å². The second-order valence-corrected chi connectivity index (χ2v) is 4.74. The second kappa shape index (κ2) is 7.65. The van der Waals surface area contributed by atoms with Gasteiger partial charge in [0.2, 0.25) is 5.91 Å². The molecule has 3 N–H and O–H groups in total. The lowest BCUT2D eigenvalue weighted by Gasteiger charge is -2.20. The van der Waals surface area contributed by atoms with Gasteiger partial charge in [0.05, 0.1) is 6.54 Å². The molecular formula is C11H25N3O. The molecule has 0 aliphatic carbocycles. The van der Waals surface area contributed by atoms with E-state index >= 15 is 0 Å². The molecule has 0 fully saturated rings. The van der Waals surface area contributed by atoms with E-state index in [0.29, 0.717) is 24.9 Å². The van der Waals surface area contributed by atoms with Gasteiger partial charge in [-0.3, -0.25) is 9.69 Å². The molecule has 1 unspecified atom stereocenters. The number of nitrogens with one attached hydrogen (secondary N) is 1. The number of nitrogens with two attached hydrogens (primary N) is 1. The fourth-order valence-corrected chi connectivity index (χ4v) is 1.29. The van der Waals surface area contributed by atoms with E-state index in [0.717, 1.165) is 13.1 Å². The minimum absolute atomic E-state index is 0.0930. The molecule has 0 rings (SSSR count). The predicted molar refractivity (Wildman–Crippen MR) is 63.6 cm³/mol. The van der Waals surface area contributed by atoms with E-state index in [1.54, 1.807) is 0 Å². The Bertz CT molecular complexity index is 183. The van der Waals surface area contributed by atoms with Gasteiger partial charge >= 0.3 is 0 Å². The SMILES string of the molecule is CC(C)CNC(=O)CN(C)CC(C)CN. The number of nitrogens with zero attached hydrogens (tertiary/aromatic N) is 1. The number of carbonyl (C=O) groups is 1. The van der Waals surface area contributed by atoms with Crippen LogP contribution in [-0.2, 0) is 4.79 Å². The van der Waals surface area contributed by atoms with Gasteiger partial charge in [0.25, 0.3) is 0 Å². The minimum atomic E-state index is 0.0930. The van der Waals surface area contributed by atoms with Crippen LogP contribution in [0.4, 0.5) is 0 Å². The van der Waals surface area contributed by atoms with Crippen molar-refractivity contribution in [1.29, 1.82) is 0 Å². The zero-order valence-electron chi connectivity index (χ0n) is 10.4. The standard InChI is InChI=1S/C11H25N3O/c1-9(2)6-13-11(15)8-14(4)7-10(3)5-12/h9-10H,5-8,12H2,1-4H3,(H,13,15). The minimum Gasteiger partial charge on any atom is -0.355 e. The highest BCUT2D eigenvalue weighted by Gasteiger charge is 2.09. The van der Waals surface area contributed by atoms with Crippen LogP contribution in [-0.4, -0.2) is 44.0 Å². The highest BCUT2D eigenvalue weighted by Crippen LogP contribution is 1.95. The Hall–Kier alpha value is -0.610. The molecule has 0 radical (unpaired) electrons. The number of hydrogen-bond donors (Lipinski definition) is 2. The van der Waals surface area contributed by atoms with Gasteiger partial charge in [-0.15, -0.1) is 0 Å². The Labute approximate surface area is 93.2 Å². The molecule has 4 nitrogen and oxygen atoms in total. The number of rotatable bonds is 7. The average Bonchev–Trinajstić information content (AvgIpc) is 2.14. The van der Waals surface area contributed by atoms with Gasteiger partial charge in [-0.25, -0.2) is 0 Å². The average molecular weight is 215 g/mol. The second-order valence-electron chi connectivity index (χ2n) is 4.74. The molecule has 0 heterocycles. The third-order valence-electron chi connectivity index (χ3n) is 2.15. The van der Waals surface area contributed by atoms with E-state index in [1.165, 1.54) is 0 Å². The molecule has 90 valence electrons. The van der Waals surface area contributed by atoms with Crippen LogP contribution in [0.3, 0.4) is 0 Å². The van der Waals surface area contributed by atoms with Crippen molar-refractivity contribution in [3.63, 3.8) is 0 Å². The maximum Gasteiger partial charge on any atom is 0.234 e. The summed E-state index contributed by atoms with van der Waals surface area (Å²) in [6.45, 7) is 8.99. The monoisotopic (exact) mass is 215 g/mol. The van der Waals surface area contributed by atoms with E-state index in [9.17, 15) is 4.79 Å². The fourth-order valence-electron chi connectivity index (χ4n) is 1.29. The Morgan fingerprint density at radius 2 is 2.00 bits per heavy atom. The first-order valence-corrected chi connectivity index (χ1v) is 5.61. The van der Waals surface area contributed by atoms with E-state index in [2.05, 4.69) is 26.1 Å². The Balaban J connectivity index is 3.66. The molecular weight excluding hydrogens is 190 g/mol. The van der Waals surface area contributed by atoms with Crippen LogP contribution in [0.15, 0.2) is 0 Å². The summed E-state index contributed by atoms with van der Waals surface area (Å²) in [6, 6.07) is 0. The summed E-state index contributed by atoms with van der Waals surface area (Å²) in [5, 5.41) is 2.89. The highest BCUT2D eigenvalue weighted by molar-refractivity contribution is 5.77. The van der Waals surface area contributed by atoms with Gasteiger partial charge in [-0.2, -0.15) is 0 Å². The summed E-state index contributed by atoms with van der Waals surface area (Å²) in [7, 11) is 1.95. The number of carbonyl (C=O) groups excluding carboxylic acids is 1. The van der Waals surface area contributed by atoms with Crippen LogP contribution < -0.4 is 11.1 Å². The first kappa shape index (κ1) is 14.4. The first-order chi connectivity index (χ1) is 6.95. The third kappa shape index (κ3) is 8.39. The molecule has 0 aliphatic heterocycles. The quantitative estimate of drug-likeness (QED) is 0.641. The zero-order chi connectivity index (χ0) is 11.8. The molecule has 0 aliphatic rings. The van der Waals surface area contributed by atoms with Gasteiger partial charge in [-0.1, -0.05) is 20.8 Å². The van der Waals surface area contributed by atoms with Gasteiger partial charge < -0.3 is 11.1 Å². The Morgan fingerprint density at radius 3 is 2.47 bits per heavy atom. The Morgan fingerprint density at radius 1 is 1.40 bits per heavy atom. The van der Waals surface area contributed by atoms with E-state index in [1.807, 2.05) is 11.9 Å². The summed E-state index contributed by atoms with van der Waals surface area (Å²) in [5.74, 6) is 1.03. The summed E-state index contributed by atoms with van der Waals surface area (Å²) in [4.78, 5) is 13.5. The topological polar surface area (TPSA) is 58.4 Å². The molecule has 0 saturated heterocycles. The van der Waals surface area contributed by atoms with Crippen molar-refractivity contribution in [2.24, 2.45) is 17.6 Å². The summed E-state index contributed by atoms with van der Waals surface area (Å²) < 4.78 is 0. The van der Waals surface area contributed by atoms with Gasteiger partial charge in [0.1, 0.15) is 0 Å². The van der Waals surface area contributed by atoms with Crippen LogP contribution in [0.25, 0.3) is 0 Å². The molecule has 1 atom stereocenters. The van der Waals surface area contributed by atoms with Crippen molar-refractivity contribution in [3.8, 4) is 0 Å². The van der Waals surface area contributed by atoms with E-state index < -0.39 is 0 Å². The molecule has 0 saturated carbocycles. The van der Waals surface area contributed by atoms with Gasteiger partial charge in [0.15, 0.2) is 0 Å². The maximum atomic E-state index is 11.4. The summed E-state index contributed by atoms with van der Waals surface area (Å²) in [6.07, 6.45) is 0. The molecule has 0 aromatic rings. The van der Waals surface area contributed by atoms with Gasteiger partial charge in [0, 0.05) is 13.1 Å². The highest BCUT2D eigenvalue weighted by atomic mass is 16.2. The Kier molecular flexibility index (Phi) is 7.34. The lowest BCUT2D eigenvalue weighted by atomic mass is 10.2. The third-order valence-corrected chi connectivity index (χ3v) is 2.15. The van der Waals surface area contributed by atoms with Crippen LogP contribution in [0.1, 0.15) is 20.8 Å². The van der Waals surface area contributed by atoms with E-state index in [4.69, 9.17) is 5.73 Å². The molecule has 0 bridgehead atoms. The number of amides is 1. The van der Waals surface area contributed by atoms with Crippen molar-refractivity contribution < 1.29 is 4.79 Å². The lowest BCUT2D eigenvalue weighted by molar-refractivity contribution is -0.122. The number of hydrogen-bond acceptors (Lipinski definition) is 3. The first-order valence-electron chi connectivity index (χ1n) is 5.61. The van der Waals surface area contributed by atoms with Crippen molar-refractivity contribution in [1.82, 2.24) is 10.2 Å². The van der Waals surface area contributed by atoms with Crippen LogP contribution >= 0.6 is 0 Å². The normalized spacial score (nSPS) is 13.3. The molecule has 1 amide bonds. The van der Waals surface area contributed by atoms with Crippen molar-refractivity contribution in [3.05, 3.63) is 0 Å². The molecule has 4 heteroatoms. The predicted octanol–water partition coefficient (Wildman–Crippen LogP) is 0.285. The molecule has 0 aromatic heterocycles. The van der Waals surface area contributed by atoms with Gasteiger partial charge in [-0.05, 0) is 25.4 Å².